The summed E-state index contributed by atoms with van der Waals surface area (Å²) in [5.74, 6) is 2.64. The molecule has 2 aliphatic rings. The van der Waals surface area contributed by atoms with Crippen molar-refractivity contribution < 1.29 is 18.7 Å². The molecule has 0 aliphatic carbocycles. The van der Waals surface area contributed by atoms with Gasteiger partial charge in [0.2, 0.25) is 5.91 Å². The first kappa shape index (κ1) is 20.4. The average Bonchev–Trinajstić information content (AvgIpc) is 2.81. The molecular formula is C19H33NO4Si. The zero-order chi connectivity index (χ0) is 18.7. The van der Waals surface area contributed by atoms with E-state index in [1.807, 2.05) is 0 Å². The largest absolute Gasteiger partial charge is 0.415 e. The lowest BCUT2D eigenvalue weighted by Crippen LogP contribution is -2.48. The Morgan fingerprint density at radius 2 is 2.08 bits per heavy atom. The number of hydrogen-bond acceptors (Lipinski definition) is 4. The van der Waals surface area contributed by atoms with Crippen LogP contribution in [0.2, 0.25) is 18.1 Å². The Balaban J connectivity index is 2.06. The quantitative estimate of drug-likeness (QED) is 0.534. The fourth-order valence-electron chi connectivity index (χ4n) is 2.97. The van der Waals surface area contributed by atoms with E-state index in [0.717, 1.165) is 25.9 Å². The molecule has 142 valence electrons. The molecule has 1 amide bonds. The summed E-state index contributed by atoms with van der Waals surface area (Å²) in [5, 5.41) is 0.120. The highest BCUT2D eigenvalue weighted by molar-refractivity contribution is 6.74. The number of likely N-dealkylation sites (tertiary alicyclic amines) is 1. The lowest BCUT2D eigenvalue weighted by molar-refractivity contribution is -0.193. The van der Waals surface area contributed by atoms with Crippen molar-refractivity contribution in [3.63, 3.8) is 0 Å². The van der Waals surface area contributed by atoms with Crippen LogP contribution in [0.15, 0.2) is 0 Å². The summed E-state index contributed by atoms with van der Waals surface area (Å²) in [6.45, 7) is 12.6. The van der Waals surface area contributed by atoms with Crippen LogP contribution in [-0.4, -0.2) is 57.3 Å². The predicted molar refractivity (Wildman–Crippen MR) is 101 cm³/mol. The predicted octanol–water partition coefficient (Wildman–Crippen LogP) is 3.15. The first-order valence-electron chi connectivity index (χ1n) is 9.29. The van der Waals surface area contributed by atoms with Crippen LogP contribution >= 0.6 is 0 Å². The first-order valence-corrected chi connectivity index (χ1v) is 12.2. The smallest absolute Gasteiger partial charge is 0.226 e. The van der Waals surface area contributed by atoms with Crippen molar-refractivity contribution in [3.05, 3.63) is 0 Å². The molecule has 0 spiro atoms. The molecule has 0 N–H and O–H groups in total. The van der Waals surface area contributed by atoms with E-state index in [4.69, 9.17) is 20.3 Å². The van der Waals surface area contributed by atoms with Gasteiger partial charge in [-0.2, -0.15) is 0 Å². The van der Waals surface area contributed by atoms with Crippen LogP contribution < -0.4 is 0 Å². The second-order valence-electron chi connectivity index (χ2n) is 8.54. The van der Waals surface area contributed by atoms with E-state index in [-0.39, 0.29) is 29.4 Å². The second-order valence-corrected chi connectivity index (χ2v) is 13.3. The van der Waals surface area contributed by atoms with Crippen LogP contribution in [0.1, 0.15) is 46.5 Å². The van der Waals surface area contributed by atoms with E-state index in [2.05, 4.69) is 39.8 Å². The van der Waals surface area contributed by atoms with Gasteiger partial charge in [0.25, 0.3) is 0 Å². The van der Waals surface area contributed by atoms with E-state index in [9.17, 15) is 4.79 Å². The molecule has 2 aliphatic heterocycles. The Bertz CT molecular complexity index is 503. The lowest BCUT2D eigenvalue weighted by Gasteiger charge is -2.39. The Morgan fingerprint density at radius 3 is 2.64 bits per heavy atom. The molecule has 0 aromatic carbocycles. The lowest BCUT2D eigenvalue weighted by atomic mass is 10.1. The van der Waals surface area contributed by atoms with E-state index >= 15 is 0 Å². The van der Waals surface area contributed by atoms with Gasteiger partial charge in [-0.3, -0.25) is 4.79 Å². The van der Waals surface area contributed by atoms with Crippen molar-refractivity contribution in [2.75, 3.05) is 19.8 Å². The summed E-state index contributed by atoms with van der Waals surface area (Å²) in [5.41, 5.74) is 0. The molecule has 0 radical (unpaired) electrons. The normalized spacial score (nSPS) is 28.2. The zero-order valence-corrected chi connectivity index (χ0v) is 17.3. The fourth-order valence-corrected chi connectivity index (χ4v) is 4.00. The summed E-state index contributed by atoms with van der Waals surface area (Å²) in [7, 11) is -1.91. The van der Waals surface area contributed by atoms with Gasteiger partial charge in [0.05, 0.1) is 31.7 Å². The molecule has 2 fully saturated rings. The second kappa shape index (κ2) is 8.21. The maximum Gasteiger partial charge on any atom is 0.226 e. The van der Waals surface area contributed by atoms with Gasteiger partial charge < -0.3 is 18.8 Å². The average molecular weight is 368 g/mol. The van der Waals surface area contributed by atoms with Gasteiger partial charge in [-0.1, -0.05) is 26.7 Å². The van der Waals surface area contributed by atoms with Gasteiger partial charge in [0, 0.05) is 6.61 Å². The summed E-state index contributed by atoms with van der Waals surface area (Å²) < 4.78 is 18.2. The minimum atomic E-state index is -1.91. The van der Waals surface area contributed by atoms with Crippen molar-refractivity contribution in [1.82, 2.24) is 4.90 Å². The SMILES string of the molecule is C#CCN1C(=O)C[C@@H](OC2CCCCO2)[C@@H]1CO[Si](C)(C)C(C)(C)C. The van der Waals surface area contributed by atoms with Gasteiger partial charge in [0.15, 0.2) is 14.6 Å². The van der Waals surface area contributed by atoms with Crippen LogP contribution in [-0.2, 0) is 18.7 Å². The third kappa shape index (κ3) is 5.07. The van der Waals surface area contributed by atoms with E-state index in [1.54, 1.807) is 4.90 Å². The maximum absolute atomic E-state index is 12.4. The third-order valence-electron chi connectivity index (χ3n) is 5.67. The molecule has 0 bridgehead atoms. The van der Waals surface area contributed by atoms with Gasteiger partial charge in [-0.05, 0) is 37.4 Å². The van der Waals surface area contributed by atoms with E-state index in [0.29, 0.717) is 19.6 Å². The van der Waals surface area contributed by atoms with Crippen molar-refractivity contribution in [2.45, 2.75) is 83.0 Å². The zero-order valence-electron chi connectivity index (χ0n) is 16.3. The number of carbonyl (C=O) groups is 1. The fraction of sp³-hybridized carbons (Fsp3) is 0.842. The molecule has 2 saturated heterocycles. The highest BCUT2D eigenvalue weighted by Crippen LogP contribution is 2.37. The molecule has 2 heterocycles. The Kier molecular flexibility index (Phi) is 6.72. The molecule has 2 rings (SSSR count). The number of carbonyl (C=O) groups excluding carboxylic acids is 1. The highest BCUT2D eigenvalue weighted by atomic mass is 28.4. The number of amides is 1. The van der Waals surface area contributed by atoms with Crippen LogP contribution in [0.3, 0.4) is 0 Å². The van der Waals surface area contributed by atoms with Gasteiger partial charge >= 0.3 is 0 Å². The van der Waals surface area contributed by atoms with Crippen LogP contribution in [0.4, 0.5) is 0 Å². The molecule has 25 heavy (non-hydrogen) atoms. The van der Waals surface area contributed by atoms with Gasteiger partial charge in [-0.15, -0.1) is 6.42 Å². The monoisotopic (exact) mass is 367 g/mol. The van der Waals surface area contributed by atoms with Crippen molar-refractivity contribution >= 4 is 14.2 Å². The van der Waals surface area contributed by atoms with Gasteiger partial charge in [0.1, 0.15) is 0 Å². The van der Waals surface area contributed by atoms with Gasteiger partial charge in [-0.25, -0.2) is 0 Å². The minimum Gasteiger partial charge on any atom is -0.415 e. The number of terminal acetylenes is 1. The first-order chi connectivity index (χ1) is 11.7. The summed E-state index contributed by atoms with van der Waals surface area (Å²) in [4.78, 5) is 14.2. The molecule has 5 nitrogen and oxygen atoms in total. The van der Waals surface area contributed by atoms with Crippen molar-refractivity contribution in [1.29, 1.82) is 0 Å². The Labute approximate surface area is 153 Å². The van der Waals surface area contributed by atoms with Crippen LogP contribution in [0.25, 0.3) is 0 Å². The number of ether oxygens (including phenoxy) is 2. The third-order valence-corrected chi connectivity index (χ3v) is 10.2. The van der Waals surface area contributed by atoms with E-state index < -0.39 is 8.32 Å². The number of hydrogen-bond donors (Lipinski definition) is 0. The summed E-state index contributed by atoms with van der Waals surface area (Å²) in [6, 6.07) is -0.136. The Morgan fingerprint density at radius 1 is 1.36 bits per heavy atom. The summed E-state index contributed by atoms with van der Waals surface area (Å²) in [6.07, 6.45) is 8.46. The molecule has 0 saturated carbocycles. The molecule has 1 unspecified atom stereocenters. The van der Waals surface area contributed by atoms with Crippen molar-refractivity contribution in [2.24, 2.45) is 0 Å². The molecule has 6 heteroatoms. The standard InChI is InChI=1S/C19H33NO4Si/c1-7-11-20-15(14-23-25(5,6)19(2,3)4)16(13-17(20)21)24-18-10-8-9-12-22-18/h1,15-16,18H,8-14H2,2-6H3/t15-,16+,18?/m0/s1. The minimum absolute atomic E-state index is 0.0441. The molecule has 3 atom stereocenters. The molecular weight excluding hydrogens is 334 g/mol. The van der Waals surface area contributed by atoms with Crippen LogP contribution in [0.5, 0.6) is 0 Å². The Hall–Kier alpha value is -0.873. The highest BCUT2D eigenvalue weighted by Gasteiger charge is 2.44. The molecule has 0 aromatic heterocycles. The van der Waals surface area contributed by atoms with Crippen LogP contribution in [0, 0.1) is 12.3 Å². The van der Waals surface area contributed by atoms with E-state index in [1.165, 1.54) is 0 Å². The summed E-state index contributed by atoms with van der Waals surface area (Å²) >= 11 is 0. The topological polar surface area (TPSA) is 48.0 Å². The number of rotatable bonds is 6. The van der Waals surface area contributed by atoms with Crippen molar-refractivity contribution in [3.8, 4) is 12.3 Å². The number of nitrogens with zero attached hydrogens (tertiary/aromatic N) is 1. The molecule has 0 aromatic rings. The maximum atomic E-state index is 12.4.